The molecule has 0 bridgehead atoms. The van der Waals surface area contributed by atoms with Crippen LogP contribution in [0.25, 0.3) is 11.1 Å². The molecule has 0 saturated heterocycles. The molecule has 2 nitrogen and oxygen atoms in total. The summed E-state index contributed by atoms with van der Waals surface area (Å²) in [6, 6.07) is 9.51. The molecular weight excluding hydrogens is 246 g/mol. The van der Waals surface area contributed by atoms with Gasteiger partial charge in [-0.1, -0.05) is 50.8 Å². The highest BCUT2D eigenvalue weighted by molar-refractivity contribution is 5.72. The van der Waals surface area contributed by atoms with Gasteiger partial charge in [-0.2, -0.15) is 0 Å². The number of benzene rings is 1. The Morgan fingerprint density at radius 2 is 1.75 bits per heavy atom. The zero-order valence-corrected chi connectivity index (χ0v) is 12.2. The summed E-state index contributed by atoms with van der Waals surface area (Å²) in [6.07, 6.45) is 11.1. The summed E-state index contributed by atoms with van der Waals surface area (Å²) in [7, 11) is 0. The molecule has 0 saturated carbocycles. The van der Waals surface area contributed by atoms with Crippen molar-refractivity contribution in [3.63, 3.8) is 0 Å². The van der Waals surface area contributed by atoms with Gasteiger partial charge in [0.05, 0.1) is 0 Å². The van der Waals surface area contributed by atoms with Crippen molar-refractivity contribution >= 4 is 0 Å². The van der Waals surface area contributed by atoms with E-state index in [9.17, 15) is 5.11 Å². The van der Waals surface area contributed by atoms with Crippen LogP contribution in [0.4, 0.5) is 0 Å². The smallest absolute Gasteiger partial charge is 0.123 e. The summed E-state index contributed by atoms with van der Waals surface area (Å²) in [5.41, 5.74) is 3.23. The third-order valence-electron chi connectivity index (χ3n) is 3.65. The molecule has 106 valence electrons. The van der Waals surface area contributed by atoms with Crippen LogP contribution in [-0.4, -0.2) is 10.1 Å². The maximum absolute atomic E-state index is 10.0. The molecule has 2 heteroatoms. The zero-order valence-electron chi connectivity index (χ0n) is 12.2. The molecule has 20 heavy (non-hydrogen) atoms. The Balaban J connectivity index is 2.09. The van der Waals surface area contributed by atoms with E-state index in [1.54, 1.807) is 12.3 Å². The quantitative estimate of drug-likeness (QED) is 0.720. The maximum atomic E-state index is 10.0. The molecule has 0 spiro atoms. The highest BCUT2D eigenvalue weighted by atomic mass is 16.3. The lowest BCUT2D eigenvalue weighted by Crippen LogP contribution is -1.92. The number of phenols is 1. The lowest BCUT2D eigenvalue weighted by Gasteiger charge is -2.10. The van der Waals surface area contributed by atoms with Crippen LogP contribution in [-0.2, 0) is 6.42 Å². The average molecular weight is 269 g/mol. The first-order valence-corrected chi connectivity index (χ1v) is 7.54. The Kier molecular flexibility index (Phi) is 5.60. The monoisotopic (exact) mass is 269 g/mol. The fourth-order valence-electron chi connectivity index (χ4n) is 2.51. The van der Waals surface area contributed by atoms with Crippen LogP contribution in [0, 0.1) is 0 Å². The molecule has 1 aromatic carbocycles. The van der Waals surface area contributed by atoms with E-state index in [1.807, 2.05) is 30.5 Å². The zero-order chi connectivity index (χ0) is 14.2. The number of aryl methyl sites for hydroxylation is 1. The third kappa shape index (κ3) is 3.83. The molecule has 2 rings (SSSR count). The number of hydrogen-bond donors (Lipinski definition) is 1. The number of hydrogen-bond acceptors (Lipinski definition) is 2. The molecule has 0 unspecified atom stereocenters. The topological polar surface area (TPSA) is 33.1 Å². The van der Waals surface area contributed by atoms with Gasteiger partial charge in [0.2, 0.25) is 0 Å². The second-order valence-corrected chi connectivity index (χ2v) is 5.21. The highest BCUT2D eigenvalue weighted by Crippen LogP contribution is 2.31. The number of aromatic nitrogens is 1. The summed E-state index contributed by atoms with van der Waals surface area (Å²) >= 11 is 0. The van der Waals surface area contributed by atoms with E-state index in [-0.39, 0.29) is 0 Å². The van der Waals surface area contributed by atoms with Gasteiger partial charge in [0, 0.05) is 18.0 Å². The molecule has 0 aliphatic heterocycles. The van der Waals surface area contributed by atoms with Gasteiger partial charge in [0.1, 0.15) is 5.75 Å². The lowest BCUT2D eigenvalue weighted by atomic mass is 9.97. The van der Waals surface area contributed by atoms with Crippen molar-refractivity contribution in [2.75, 3.05) is 0 Å². The highest BCUT2D eigenvalue weighted by Gasteiger charge is 2.08. The minimum atomic E-state index is 0.339. The number of phenolic OH excluding ortho intramolecular Hbond substituents is 1. The largest absolute Gasteiger partial charge is 0.507 e. The van der Waals surface area contributed by atoms with Crippen molar-refractivity contribution < 1.29 is 5.11 Å². The molecule has 0 radical (unpaired) electrons. The van der Waals surface area contributed by atoms with Gasteiger partial charge in [0.25, 0.3) is 0 Å². The van der Waals surface area contributed by atoms with E-state index in [1.165, 1.54) is 37.7 Å². The minimum Gasteiger partial charge on any atom is -0.507 e. The molecule has 1 heterocycles. The van der Waals surface area contributed by atoms with Crippen molar-refractivity contribution in [3.05, 3.63) is 48.3 Å². The summed E-state index contributed by atoms with van der Waals surface area (Å²) in [4.78, 5) is 4.23. The van der Waals surface area contributed by atoms with Gasteiger partial charge in [-0.05, 0) is 36.1 Å². The number of aromatic hydroxyl groups is 1. The second-order valence-electron chi connectivity index (χ2n) is 5.21. The number of pyridine rings is 1. The van der Waals surface area contributed by atoms with Crippen LogP contribution < -0.4 is 0 Å². The Morgan fingerprint density at radius 3 is 2.55 bits per heavy atom. The van der Waals surface area contributed by atoms with Crippen molar-refractivity contribution in [1.29, 1.82) is 0 Å². The van der Waals surface area contributed by atoms with E-state index in [0.717, 1.165) is 17.5 Å². The standard InChI is InChI=1S/C18H23NO/c1-2-3-4-5-6-9-15-14-19-13-12-16(15)17-10-7-8-11-18(17)20/h7-8,10-14,20H,2-6,9H2,1H3. The van der Waals surface area contributed by atoms with Gasteiger partial charge < -0.3 is 5.11 Å². The van der Waals surface area contributed by atoms with Crippen molar-refractivity contribution in [2.24, 2.45) is 0 Å². The molecule has 0 aliphatic rings. The van der Waals surface area contributed by atoms with Crippen LogP contribution in [0.3, 0.4) is 0 Å². The Labute approximate surface area is 121 Å². The van der Waals surface area contributed by atoms with Crippen LogP contribution in [0.5, 0.6) is 5.75 Å². The maximum Gasteiger partial charge on any atom is 0.123 e. The van der Waals surface area contributed by atoms with E-state index in [0.29, 0.717) is 5.75 Å². The van der Waals surface area contributed by atoms with Gasteiger partial charge in [-0.25, -0.2) is 0 Å². The summed E-state index contributed by atoms with van der Waals surface area (Å²) < 4.78 is 0. The van der Waals surface area contributed by atoms with Crippen LogP contribution in [0.15, 0.2) is 42.7 Å². The minimum absolute atomic E-state index is 0.339. The Bertz CT molecular complexity index is 536. The first-order chi connectivity index (χ1) is 9.83. The molecule has 0 amide bonds. The first kappa shape index (κ1) is 14.6. The van der Waals surface area contributed by atoms with E-state index >= 15 is 0 Å². The van der Waals surface area contributed by atoms with Gasteiger partial charge in [-0.3, -0.25) is 4.98 Å². The Hall–Kier alpha value is -1.83. The normalized spacial score (nSPS) is 10.7. The molecule has 0 aliphatic carbocycles. The van der Waals surface area contributed by atoms with Crippen LogP contribution in [0.2, 0.25) is 0 Å². The summed E-state index contributed by atoms with van der Waals surface area (Å²) in [5.74, 6) is 0.339. The Morgan fingerprint density at radius 1 is 0.950 bits per heavy atom. The predicted octanol–water partition coefficient (Wildman–Crippen LogP) is 4.97. The molecule has 1 aromatic heterocycles. The number of unbranched alkanes of at least 4 members (excludes halogenated alkanes) is 4. The van der Waals surface area contributed by atoms with E-state index in [2.05, 4.69) is 11.9 Å². The number of rotatable bonds is 7. The van der Waals surface area contributed by atoms with Gasteiger partial charge in [0.15, 0.2) is 0 Å². The summed E-state index contributed by atoms with van der Waals surface area (Å²) in [6.45, 7) is 2.23. The average Bonchev–Trinajstić information content (AvgIpc) is 2.48. The van der Waals surface area contributed by atoms with Crippen LogP contribution in [0.1, 0.15) is 44.6 Å². The van der Waals surface area contributed by atoms with E-state index < -0.39 is 0 Å². The molecule has 1 N–H and O–H groups in total. The molecular formula is C18H23NO. The predicted molar refractivity (Wildman–Crippen MR) is 83.8 cm³/mol. The summed E-state index contributed by atoms with van der Waals surface area (Å²) in [5, 5.41) is 10.0. The van der Waals surface area contributed by atoms with Gasteiger partial charge >= 0.3 is 0 Å². The van der Waals surface area contributed by atoms with Crippen molar-refractivity contribution in [2.45, 2.75) is 45.4 Å². The van der Waals surface area contributed by atoms with E-state index in [4.69, 9.17) is 0 Å². The van der Waals surface area contributed by atoms with Crippen LogP contribution >= 0.6 is 0 Å². The number of nitrogens with zero attached hydrogens (tertiary/aromatic N) is 1. The SMILES string of the molecule is CCCCCCCc1cnccc1-c1ccccc1O. The second kappa shape index (κ2) is 7.68. The molecule has 0 fully saturated rings. The fraction of sp³-hybridized carbons (Fsp3) is 0.389. The first-order valence-electron chi connectivity index (χ1n) is 7.54. The van der Waals surface area contributed by atoms with Crippen molar-refractivity contribution in [3.8, 4) is 16.9 Å². The fourth-order valence-corrected chi connectivity index (χ4v) is 2.51. The van der Waals surface area contributed by atoms with Gasteiger partial charge in [-0.15, -0.1) is 0 Å². The molecule has 2 aromatic rings. The molecule has 0 atom stereocenters. The number of para-hydroxylation sites is 1. The third-order valence-corrected chi connectivity index (χ3v) is 3.65. The van der Waals surface area contributed by atoms with Crippen molar-refractivity contribution in [1.82, 2.24) is 4.98 Å². The lowest BCUT2D eigenvalue weighted by molar-refractivity contribution is 0.477.